The number of hydrogen-bond acceptors (Lipinski definition) is 6. The van der Waals surface area contributed by atoms with Gasteiger partial charge in [0.05, 0.1) is 11.5 Å². The predicted molar refractivity (Wildman–Crippen MR) is 128 cm³/mol. The Morgan fingerprint density at radius 3 is 2.76 bits per heavy atom. The van der Waals surface area contributed by atoms with E-state index in [-0.39, 0.29) is 12.8 Å². The van der Waals surface area contributed by atoms with Gasteiger partial charge in [-0.2, -0.15) is 5.10 Å². The zero-order valence-electron chi connectivity index (χ0n) is 18.6. The summed E-state index contributed by atoms with van der Waals surface area (Å²) >= 11 is 8.23. The Morgan fingerprint density at radius 2 is 2.03 bits per heavy atom. The SMILES string of the molecule is CCOC(=O)c1c(Cc2cc3c(cc2Cl)OCO3)c(-c2cccs2)nn1CC1CCCCC1. The fraction of sp³-hybridized carbons (Fsp3) is 0.440. The molecule has 0 unspecified atom stereocenters. The van der Waals surface area contributed by atoms with Gasteiger partial charge in [0, 0.05) is 29.6 Å². The zero-order chi connectivity index (χ0) is 22.8. The maximum absolute atomic E-state index is 13.2. The van der Waals surface area contributed by atoms with Gasteiger partial charge in [-0.1, -0.05) is 36.9 Å². The van der Waals surface area contributed by atoms with Gasteiger partial charge < -0.3 is 14.2 Å². The molecule has 2 aliphatic rings. The van der Waals surface area contributed by atoms with E-state index in [0.29, 0.717) is 41.2 Å². The summed E-state index contributed by atoms with van der Waals surface area (Å²) in [6.45, 7) is 3.05. The van der Waals surface area contributed by atoms with Gasteiger partial charge in [-0.3, -0.25) is 4.68 Å². The average molecular weight is 487 g/mol. The van der Waals surface area contributed by atoms with Crippen LogP contribution in [0.1, 0.15) is 60.6 Å². The standard InChI is InChI=1S/C25H27ClN2O4S/c1-2-30-25(29)24-18(11-17-12-20-21(13-19(17)26)32-15-31-20)23(22-9-6-10-33-22)27-28(24)14-16-7-4-3-5-8-16/h6,9-10,12-13,16H,2-5,7-8,11,14-15H2,1H3. The van der Waals surface area contributed by atoms with Crippen LogP contribution in [0.25, 0.3) is 10.6 Å². The van der Waals surface area contributed by atoms with Gasteiger partial charge in [0.15, 0.2) is 17.2 Å². The molecule has 2 aromatic heterocycles. The van der Waals surface area contributed by atoms with E-state index in [4.69, 9.17) is 30.9 Å². The van der Waals surface area contributed by atoms with Crippen molar-refractivity contribution in [2.24, 2.45) is 5.92 Å². The zero-order valence-corrected chi connectivity index (χ0v) is 20.2. The Bertz CT molecular complexity index is 1140. The van der Waals surface area contributed by atoms with Crippen molar-refractivity contribution in [2.45, 2.75) is 52.0 Å². The van der Waals surface area contributed by atoms with Crippen LogP contribution in [-0.4, -0.2) is 29.1 Å². The monoisotopic (exact) mass is 486 g/mol. The smallest absolute Gasteiger partial charge is 0.356 e. The van der Waals surface area contributed by atoms with E-state index in [0.717, 1.165) is 28.2 Å². The molecule has 33 heavy (non-hydrogen) atoms. The van der Waals surface area contributed by atoms with Gasteiger partial charge in [0.1, 0.15) is 5.69 Å². The van der Waals surface area contributed by atoms with Crippen molar-refractivity contribution in [2.75, 3.05) is 13.4 Å². The maximum Gasteiger partial charge on any atom is 0.356 e. The summed E-state index contributed by atoms with van der Waals surface area (Å²) in [5.74, 6) is 1.49. The van der Waals surface area contributed by atoms with Crippen molar-refractivity contribution in [3.63, 3.8) is 0 Å². The van der Waals surface area contributed by atoms with Gasteiger partial charge >= 0.3 is 5.97 Å². The molecule has 8 heteroatoms. The first-order valence-electron chi connectivity index (χ1n) is 11.5. The van der Waals surface area contributed by atoms with Gasteiger partial charge in [0.2, 0.25) is 6.79 Å². The summed E-state index contributed by atoms with van der Waals surface area (Å²) < 4.78 is 18.4. The van der Waals surface area contributed by atoms with Crippen molar-refractivity contribution >= 4 is 28.9 Å². The number of esters is 1. The van der Waals surface area contributed by atoms with Crippen molar-refractivity contribution < 1.29 is 19.0 Å². The van der Waals surface area contributed by atoms with Gasteiger partial charge in [-0.05, 0) is 48.8 Å². The van der Waals surface area contributed by atoms with Crippen LogP contribution in [-0.2, 0) is 17.7 Å². The second kappa shape index (κ2) is 9.77. The largest absolute Gasteiger partial charge is 0.461 e. The number of halogens is 1. The maximum atomic E-state index is 13.2. The summed E-state index contributed by atoms with van der Waals surface area (Å²) in [4.78, 5) is 14.2. The molecule has 174 valence electrons. The third kappa shape index (κ3) is 4.62. The molecule has 1 fully saturated rings. The van der Waals surface area contributed by atoms with E-state index in [1.807, 2.05) is 35.2 Å². The number of ether oxygens (including phenoxy) is 3. The predicted octanol–water partition coefficient (Wildman–Crippen LogP) is 6.34. The molecular weight excluding hydrogens is 460 g/mol. The summed E-state index contributed by atoms with van der Waals surface area (Å²) in [5.41, 5.74) is 3.05. The lowest BCUT2D eigenvalue weighted by atomic mass is 9.89. The Hall–Kier alpha value is -2.51. The molecule has 0 N–H and O–H groups in total. The number of rotatable bonds is 7. The van der Waals surface area contributed by atoms with E-state index in [1.54, 1.807) is 17.4 Å². The third-order valence-electron chi connectivity index (χ3n) is 6.34. The van der Waals surface area contributed by atoms with Crippen LogP contribution in [0.2, 0.25) is 5.02 Å². The van der Waals surface area contributed by atoms with Crippen LogP contribution < -0.4 is 9.47 Å². The first kappa shape index (κ1) is 22.3. The minimum atomic E-state index is -0.338. The molecule has 1 aliphatic carbocycles. The molecule has 1 saturated carbocycles. The van der Waals surface area contributed by atoms with Crippen LogP contribution >= 0.6 is 22.9 Å². The number of aromatic nitrogens is 2. The lowest BCUT2D eigenvalue weighted by Crippen LogP contribution is -2.20. The number of nitrogens with zero attached hydrogens (tertiary/aromatic N) is 2. The molecule has 0 bridgehead atoms. The van der Waals surface area contributed by atoms with Crippen LogP contribution in [0.5, 0.6) is 11.5 Å². The molecule has 0 spiro atoms. The first-order valence-corrected chi connectivity index (χ1v) is 12.8. The molecule has 3 heterocycles. The summed E-state index contributed by atoms with van der Waals surface area (Å²) in [6.07, 6.45) is 6.53. The van der Waals surface area contributed by atoms with Crippen molar-refractivity contribution in [3.05, 3.63) is 51.5 Å². The summed E-state index contributed by atoms with van der Waals surface area (Å²) in [6, 6.07) is 7.72. The Kier molecular flexibility index (Phi) is 6.60. The molecular formula is C25H27ClN2O4S. The molecule has 6 nitrogen and oxygen atoms in total. The highest BCUT2D eigenvalue weighted by Gasteiger charge is 2.29. The second-order valence-electron chi connectivity index (χ2n) is 8.53. The van der Waals surface area contributed by atoms with Crippen molar-refractivity contribution in [1.29, 1.82) is 0 Å². The van der Waals surface area contributed by atoms with E-state index in [9.17, 15) is 4.79 Å². The van der Waals surface area contributed by atoms with Crippen molar-refractivity contribution in [3.8, 4) is 22.1 Å². The van der Waals surface area contributed by atoms with E-state index in [2.05, 4.69) is 0 Å². The Labute approximate surface area is 202 Å². The van der Waals surface area contributed by atoms with E-state index in [1.165, 1.54) is 32.1 Å². The number of benzene rings is 1. The fourth-order valence-corrected chi connectivity index (χ4v) is 5.69. The summed E-state index contributed by atoms with van der Waals surface area (Å²) in [5, 5.41) is 7.58. The first-order chi connectivity index (χ1) is 16.1. The van der Waals surface area contributed by atoms with Crippen LogP contribution in [0.4, 0.5) is 0 Å². The minimum Gasteiger partial charge on any atom is -0.461 e. The highest BCUT2D eigenvalue weighted by Crippen LogP contribution is 2.40. The molecule has 0 atom stereocenters. The van der Waals surface area contributed by atoms with Crippen molar-refractivity contribution in [1.82, 2.24) is 9.78 Å². The minimum absolute atomic E-state index is 0.183. The lowest BCUT2D eigenvalue weighted by molar-refractivity contribution is 0.0508. The van der Waals surface area contributed by atoms with Crippen LogP contribution in [0, 0.1) is 5.92 Å². The lowest BCUT2D eigenvalue weighted by Gasteiger charge is -2.22. The molecule has 1 aliphatic heterocycles. The average Bonchev–Trinajstić information content (AvgIpc) is 3.55. The normalized spacial score (nSPS) is 15.7. The van der Waals surface area contributed by atoms with Gasteiger partial charge in [0.25, 0.3) is 0 Å². The van der Waals surface area contributed by atoms with Crippen LogP contribution in [0.15, 0.2) is 29.6 Å². The number of carbonyl (C=O) groups excluding carboxylic acids is 1. The third-order valence-corrected chi connectivity index (χ3v) is 7.57. The number of hydrogen-bond donors (Lipinski definition) is 0. The van der Waals surface area contributed by atoms with Gasteiger partial charge in [-0.15, -0.1) is 11.3 Å². The molecule has 0 saturated heterocycles. The van der Waals surface area contributed by atoms with E-state index >= 15 is 0 Å². The Morgan fingerprint density at radius 1 is 1.24 bits per heavy atom. The molecule has 1 aromatic carbocycles. The fourth-order valence-electron chi connectivity index (χ4n) is 4.74. The summed E-state index contributed by atoms with van der Waals surface area (Å²) in [7, 11) is 0. The van der Waals surface area contributed by atoms with E-state index < -0.39 is 0 Å². The topological polar surface area (TPSA) is 62.6 Å². The molecule has 0 amide bonds. The quantitative estimate of drug-likeness (QED) is 0.364. The highest BCUT2D eigenvalue weighted by molar-refractivity contribution is 7.13. The molecule has 3 aromatic rings. The highest BCUT2D eigenvalue weighted by atomic mass is 35.5. The molecule has 0 radical (unpaired) electrons. The second-order valence-corrected chi connectivity index (χ2v) is 9.89. The Balaban J connectivity index is 1.60. The number of fused-ring (bicyclic) bond motifs is 1. The molecule has 5 rings (SSSR count). The number of thiophene rings is 1. The number of carbonyl (C=O) groups is 1. The van der Waals surface area contributed by atoms with Gasteiger partial charge in [-0.25, -0.2) is 4.79 Å². The van der Waals surface area contributed by atoms with Crippen LogP contribution in [0.3, 0.4) is 0 Å².